The van der Waals surface area contributed by atoms with Crippen molar-refractivity contribution in [2.45, 2.75) is 19.4 Å². The van der Waals surface area contributed by atoms with Crippen LogP contribution in [0.3, 0.4) is 0 Å². The van der Waals surface area contributed by atoms with Gasteiger partial charge in [-0.05, 0) is 25.1 Å². The van der Waals surface area contributed by atoms with E-state index in [0.29, 0.717) is 18.8 Å². The standard InChI is InChI=1S/C12H15NO3/c1-2-15-12(14)8-3-4-11-9(7-8)10(13)5-6-16-11/h3-4,7,10H,2,5-6,13H2,1H3. The fourth-order valence-electron chi connectivity index (χ4n) is 1.76. The minimum Gasteiger partial charge on any atom is -0.493 e. The zero-order chi connectivity index (χ0) is 11.5. The van der Waals surface area contributed by atoms with Gasteiger partial charge in [0, 0.05) is 18.0 Å². The molecular weight excluding hydrogens is 206 g/mol. The Labute approximate surface area is 94.3 Å². The van der Waals surface area contributed by atoms with Gasteiger partial charge < -0.3 is 15.2 Å². The highest BCUT2D eigenvalue weighted by Crippen LogP contribution is 2.31. The number of nitrogens with two attached hydrogens (primary N) is 1. The molecule has 2 rings (SSSR count). The van der Waals surface area contributed by atoms with Crippen molar-refractivity contribution in [1.82, 2.24) is 0 Å². The van der Waals surface area contributed by atoms with Crippen LogP contribution < -0.4 is 10.5 Å². The number of fused-ring (bicyclic) bond motifs is 1. The Morgan fingerprint density at radius 3 is 3.19 bits per heavy atom. The van der Waals surface area contributed by atoms with Crippen molar-refractivity contribution in [2.24, 2.45) is 5.73 Å². The average Bonchev–Trinajstić information content (AvgIpc) is 2.29. The maximum atomic E-state index is 11.5. The Hall–Kier alpha value is -1.55. The Kier molecular flexibility index (Phi) is 3.10. The molecule has 16 heavy (non-hydrogen) atoms. The van der Waals surface area contributed by atoms with Crippen molar-refractivity contribution in [3.05, 3.63) is 29.3 Å². The second-order valence-corrected chi connectivity index (χ2v) is 3.72. The van der Waals surface area contributed by atoms with Gasteiger partial charge in [0.15, 0.2) is 0 Å². The van der Waals surface area contributed by atoms with Crippen LogP contribution in [-0.2, 0) is 4.74 Å². The highest BCUT2D eigenvalue weighted by molar-refractivity contribution is 5.90. The van der Waals surface area contributed by atoms with Crippen LogP contribution in [0.15, 0.2) is 18.2 Å². The van der Waals surface area contributed by atoms with E-state index in [9.17, 15) is 4.79 Å². The van der Waals surface area contributed by atoms with E-state index in [1.165, 1.54) is 0 Å². The average molecular weight is 221 g/mol. The summed E-state index contributed by atoms with van der Waals surface area (Å²) in [6.45, 7) is 2.79. The first-order valence-electron chi connectivity index (χ1n) is 5.42. The first-order chi connectivity index (χ1) is 7.72. The number of ether oxygens (including phenoxy) is 2. The largest absolute Gasteiger partial charge is 0.493 e. The summed E-state index contributed by atoms with van der Waals surface area (Å²) < 4.78 is 10.4. The zero-order valence-corrected chi connectivity index (χ0v) is 9.23. The van der Waals surface area contributed by atoms with Crippen molar-refractivity contribution >= 4 is 5.97 Å². The minimum absolute atomic E-state index is 0.0573. The summed E-state index contributed by atoms with van der Waals surface area (Å²) in [5.41, 5.74) is 7.37. The van der Waals surface area contributed by atoms with E-state index in [2.05, 4.69) is 0 Å². The van der Waals surface area contributed by atoms with Gasteiger partial charge in [-0.2, -0.15) is 0 Å². The maximum absolute atomic E-state index is 11.5. The molecule has 1 heterocycles. The van der Waals surface area contributed by atoms with E-state index in [1.54, 1.807) is 25.1 Å². The van der Waals surface area contributed by atoms with Crippen LogP contribution in [0.25, 0.3) is 0 Å². The predicted octanol–water partition coefficient (Wildman–Crippen LogP) is 1.65. The van der Waals surface area contributed by atoms with E-state index in [0.717, 1.165) is 17.7 Å². The maximum Gasteiger partial charge on any atom is 0.338 e. The summed E-state index contributed by atoms with van der Waals surface area (Å²) in [5.74, 6) is 0.454. The fourth-order valence-corrected chi connectivity index (χ4v) is 1.76. The molecular formula is C12H15NO3. The normalized spacial score (nSPS) is 18.5. The number of hydrogen-bond donors (Lipinski definition) is 1. The lowest BCUT2D eigenvalue weighted by Gasteiger charge is -2.23. The molecule has 0 amide bonds. The summed E-state index contributed by atoms with van der Waals surface area (Å²) in [4.78, 5) is 11.5. The lowest BCUT2D eigenvalue weighted by Crippen LogP contribution is -2.21. The van der Waals surface area contributed by atoms with Gasteiger partial charge in [0.05, 0.1) is 18.8 Å². The lowest BCUT2D eigenvalue weighted by molar-refractivity contribution is 0.0526. The molecule has 1 aliphatic rings. The third-order valence-corrected chi connectivity index (χ3v) is 2.61. The zero-order valence-electron chi connectivity index (χ0n) is 9.23. The van der Waals surface area contributed by atoms with E-state index in [1.807, 2.05) is 0 Å². The molecule has 0 aromatic heterocycles. The lowest BCUT2D eigenvalue weighted by atomic mass is 9.99. The SMILES string of the molecule is CCOC(=O)c1ccc2c(c1)C(N)CCO2. The first kappa shape index (κ1) is 11.0. The molecule has 1 aliphatic heterocycles. The highest BCUT2D eigenvalue weighted by Gasteiger charge is 2.20. The fraction of sp³-hybridized carbons (Fsp3) is 0.417. The summed E-state index contributed by atoms with van der Waals surface area (Å²) in [6.07, 6.45) is 0.777. The molecule has 1 aromatic rings. The molecule has 0 saturated carbocycles. The van der Waals surface area contributed by atoms with Crippen LogP contribution in [0.1, 0.15) is 35.3 Å². The van der Waals surface area contributed by atoms with E-state index in [4.69, 9.17) is 15.2 Å². The summed E-state index contributed by atoms with van der Waals surface area (Å²) in [5, 5.41) is 0. The topological polar surface area (TPSA) is 61.5 Å². The summed E-state index contributed by atoms with van der Waals surface area (Å²) >= 11 is 0. The van der Waals surface area contributed by atoms with Crippen LogP contribution in [0, 0.1) is 0 Å². The molecule has 1 atom stereocenters. The van der Waals surface area contributed by atoms with Crippen LogP contribution in [-0.4, -0.2) is 19.2 Å². The van der Waals surface area contributed by atoms with Gasteiger partial charge in [-0.1, -0.05) is 0 Å². The number of carbonyl (C=O) groups excluding carboxylic acids is 1. The molecule has 0 saturated heterocycles. The number of benzene rings is 1. The van der Waals surface area contributed by atoms with Crippen molar-refractivity contribution in [3.63, 3.8) is 0 Å². The van der Waals surface area contributed by atoms with Crippen LogP contribution in [0.2, 0.25) is 0 Å². The van der Waals surface area contributed by atoms with Crippen LogP contribution >= 0.6 is 0 Å². The van der Waals surface area contributed by atoms with E-state index < -0.39 is 0 Å². The second-order valence-electron chi connectivity index (χ2n) is 3.72. The molecule has 0 radical (unpaired) electrons. The van der Waals surface area contributed by atoms with E-state index >= 15 is 0 Å². The summed E-state index contributed by atoms with van der Waals surface area (Å²) in [7, 11) is 0. The Bertz CT molecular complexity index is 403. The van der Waals surface area contributed by atoms with Gasteiger partial charge in [-0.25, -0.2) is 4.79 Å². The van der Waals surface area contributed by atoms with Gasteiger partial charge in [-0.15, -0.1) is 0 Å². The van der Waals surface area contributed by atoms with Gasteiger partial charge in [0.25, 0.3) is 0 Å². The Balaban J connectivity index is 2.30. The third-order valence-electron chi connectivity index (χ3n) is 2.61. The van der Waals surface area contributed by atoms with Crippen molar-refractivity contribution < 1.29 is 14.3 Å². The Morgan fingerprint density at radius 2 is 2.44 bits per heavy atom. The van der Waals surface area contributed by atoms with E-state index in [-0.39, 0.29) is 12.0 Å². The smallest absolute Gasteiger partial charge is 0.338 e. The number of hydrogen-bond acceptors (Lipinski definition) is 4. The quantitative estimate of drug-likeness (QED) is 0.771. The third kappa shape index (κ3) is 2.02. The first-order valence-corrected chi connectivity index (χ1v) is 5.42. The van der Waals surface area contributed by atoms with Gasteiger partial charge >= 0.3 is 5.97 Å². The van der Waals surface area contributed by atoms with Crippen LogP contribution in [0.5, 0.6) is 5.75 Å². The van der Waals surface area contributed by atoms with Gasteiger partial charge in [0.1, 0.15) is 5.75 Å². The van der Waals surface area contributed by atoms with Gasteiger partial charge in [0.2, 0.25) is 0 Å². The number of rotatable bonds is 2. The molecule has 0 spiro atoms. The monoisotopic (exact) mass is 221 g/mol. The molecule has 0 bridgehead atoms. The van der Waals surface area contributed by atoms with Crippen LogP contribution in [0.4, 0.5) is 0 Å². The number of esters is 1. The molecule has 0 fully saturated rings. The number of carbonyl (C=O) groups is 1. The highest BCUT2D eigenvalue weighted by atomic mass is 16.5. The molecule has 4 nitrogen and oxygen atoms in total. The van der Waals surface area contributed by atoms with Crippen molar-refractivity contribution in [2.75, 3.05) is 13.2 Å². The minimum atomic E-state index is -0.317. The molecule has 0 aliphatic carbocycles. The van der Waals surface area contributed by atoms with Crippen molar-refractivity contribution in [1.29, 1.82) is 0 Å². The molecule has 86 valence electrons. The second kappa shape index (κ2) is 4.53. The predicted molar refractivity (Wildman–Crippen MR) is 59.4 cm³/mol. The molecule has 2 N–H and O–H groups in total. The summed E-state index contributed by atoms with van der Waals surface area (Å²) in [6, 6.07) is 5.19. The van der Waals surface area contributed by atoms with Gasteiger partial charge in [-0.3, -0.25) is 0 Å². The molecule has 4 heteroatoms. The Morgan fingerprint density at radius 1 is 1.62 bits per heavy atom. The molecule has 1 unspecified atom stereocenters. The van der Waals surface area contributed by atoms with Crippen molar-refractivity contribution in [3.8, 4) is 5.75 Å². The molecule has 1 aromatic carbocycles.